The van der Waals surface area contributed by atoms with Gasteiger partial charge in [0.1, 0.15) is 23.2 Å². The quantitative estimate of drug-likeness (QED) is 0.503. The number of amides is 1. The fourth-order valence-electron chi connectivity index (χ4n) is 4.37. The smallest absolute Gasteiger partial charge is 0.291 e. The van der Waals surface area contributed by atoms with Crippen LogP contribution in [0.15, 0.2) is 52.0 Å². The number of anilines is 1. The zero-order chi connectivity index (χ0) is 21.5. The highest BCUT2D eigenvalue weighted by atomic mass is 16.3. The van der Waals surface area contributed by atoms with E-state index in [0.717, 1.165) is 11.3 Å². The molecule has 1 aliphatic rings. The first kappa shape index (κ1) is 19.3. The van der Waals surface area contributed by atoms with Crippen LogP contribution in [-0.4, -0.2) is 56.2 Å². The van der Waals surface area contributed by atoms with Gasteiger partial charge in [-0.1, -0.05) is 13.0 Å². The van der Waals surface area contributed by atoms with Gasteiger partial charge in [0.2, 0.25) is 5.91 Å². The summed E-state index contributed by atoms with van der Waals surface area (Å²) < 4.78 is 8.57. The maximum atomic E-state index is 13.4. The molecule has 1 atom stereocenters. The van der Waals surface area contributed by atoms with Crippen LogP contribution in [0, 0.1) is 6.92 Å². The van der Waals surface area contributed by atoms with Crippen LogP contribution in [0.1, 0.15) is 25.2 Å². The molecule has 0 bridgehead atoms. The summed E-state index contributed by atoms with van der Waals surface area (Å²) in [6, 6.07) is 8.71. The first-order valence-electron chi connectivity index (χ1n) is 10.5. The van der Waals surface area contributed by atoms with E-state index in [9.17, 15) is 9.59 Å². The van der Waals surface area contributed by atoms with Crippen molar-refractivity contribution in [3.8, 4) is 0 Å². The van der Waals surface area contributed by atoms with E-state index in [1.54, 1.807) is 22.9 Å². The van der Waals surface area contributed by atoms with E-state index in [1.807, 2.05) is 43.0 Å². The molecule has 0 unspecified atom stereocenters. The summed E-state index contributed by atoms with van der Waals surface area (Å²) in [5.41, 5.74) is 1.61. The van der Waals surface area contributed by atoms with Gasteiger partial charge in [0.15, 0.2) is 5.58 Å². The van der Waals surface area contributed by atoms with Crippen LogP contribution in [0.25, 0.3) is 16.6 Å². The minimum Gasteiger partial charge on any atom is -0.463 e. The van der Waals surface area contributed by atoms with Gasteiger partial charge in [0.05, 0.1) is 11.8 Å². The van der Waals surface area contributed by atoms with Crippen molar-refractivity contribution in [2.45, 2.75) is 26.3 Å². The number of piperazine rings is 1. The van der Waals surface area contributed by atoms with Crippen LogP contribution in [0.5, 0.6) is 0 Å². The Labute approximate surface area is 178 Å². The second-order valence-electron chi connectivity index (χ2n) is 7.76. The van der Waals surface area contributed by atoms with Crippen molar-refractivity contribution in [2.75, 3.05) is 31.1 Å². The number of furan rings is 1. The van der Waals surface area contributed by atoms with E-state index in [1.165, 1.54) is 4.68 Å². The number of aromatic nitrogens is 4. The zero-order valence-electron chi connectivity index (χ0n) is 17.6. The zero-order valence-corrected chi connectivity index (χ0v) is 17.6. The lowest BCUT2D eigenvalue weighted by molar-refractivity contribution is -0.135. The Hall–Kier alpha value is -3.62. The number of fused-ring (bicyclic) bond motifs is 3. The molecular weight excluding hydrogens is 396 g/mol. The van der Waals surface area contributed by atoms with Crippen LogP contribution in [0.2, 0.25) is 0 Å². The van der Waals surface area contributed by atoms with Gasteiger partial charge in [0, 0.05) is 44.5 Å². The van der Waals surface area contributed by atoms with Crippen LogP contribution >= 0.6 is 0 Å². The molecule has 0 aliphatic carbocycles. The Kier molecular flexibility index (Phi) is 4.72. The van der Waals surface area contributed by atoms with Gasteiger partial charge in [-0.05, 0) is 25.5 Å². The molecule has 9 nitrogen and oxygen atoms in total. The summed E-state index contributed by atoms with van der Waals surface area (Å²) in [5, 5.41) is 4.51. The number of rotatable bonds is 4. The Morgan fingerprint density at radius 3 is 2.68 bits per heavy atom. The molecule has 160 valence electrons. The molecule has 5 rings (SSSR count). The standard InChI is InChI=1S/C22H24N6O3/c1-3-16(21(29)26-11-9-25(10-12-26)20-6-4-5-8-23-20)28-22(30)18-14-19-17(7-13-31-19)27(18)15(2)24-28/h4-8,13-14,16H,3,9-12H2,1-2H3/t16-/m1/s1. The van der Waals surface area contributed by atoms with Crippen molar-refractivity contribution in [2.24, 2.45) is 0 Å². The number of nitrogens with zero attached hydrogens (tertiary/aromatic N) is 6. The van der Waals surface area contributed by atoms with E-state index in [2.05, 4.69) is 15.0 Å². The summed E-state index contributed by atoms with van der Waals surface area (Å²) in [6.45, 7) is 6.31. The van der Waals surface area contributed by atoms with Crippen molar-refractivity contribution < 1.29 is 9.21 Å². The number of carbonyl (C=O) groups is 1. The second-order valence-corrected chi connectivity index (χ2v) is 7.76. The summed E-state index contributed by atoms with van der Waals surface area (Å²) in [6.07, 6.45) is 3.85. The summed E-state index contributed by atoms with van der Waals surface area (Å²) in [4.78, 5) is 35.0. The third-order valence-electron chi connectivity index (χ3n) is 5.96. The van der Waals surface area contributed by atoms with Crippen molar-refractivity contribution in [3.63, 3.8) is 0 Å². The SMILES string of the molecule is CC[C@H](C(=O)N1CCN(c2ccccn2)CC1)n1nc(C)n2c(cc3occc32)c1=O. The van der Waals surface area contributed by atoms with Gasteiger partial charge in [-0.2, -0.15) is 5.10 Å². The topological polar surface area (TPSA) is 88.9 Å². The molecule has 0 saturated carbocycles. The first-order valence-corrected chi connectivity index (χ1v) is 10.5. The largest absolute Gasteiger partial charge is 0.463 e. The molecule has 1 aliphatic heterocycles. The van der Waals surface area contributed by atoms with Crippen molar-refractivity contribution >= 4 is 28.3 Å². The summed E-state index contributed by atoms with van der Waals surface area (Å²) >= 11 is 0. The van der Waals surface area contributed by atoms with Crippen LogP contribution < -0.4 is 10.5 Å². The lowest BCUT2D eigenvalue weighted by atomic mass is 10.1. The Balaban J connectivity index is 1.42. The molecule has 1 fully saturated rings. The highest BCUT2D eigenvalue weighted by molar-refractivity contribution is 5.83. The van der Waals surface area contributed by atoms with Gasteiger partial charge in [-0.15, -0.1) is 0 Å². The number of carbonyl (C=O) groups excluding carboxylic acids is 1. The van der Waals surface area contributed by atoms with E-state index in [-0.39, 0.29) is 11.5 Å². The third-order valence-corrected chi connectivity index (χ3v) is 5.96. The molecule has 1 amide bonds. The Morgan fingerprint density at radius 1 is 1.16 bits per heavy atom. The molecule has 4 aromatic heterocycles. The van der Waals surface area contributed by atoms with E-state index in [4.69, 9.17) is 4.42 Å². The molecule has 5 heterocycles. The molecule has 0 aromatic carbocycles. The van der Waals surface area contributed by atoms with Gasteiger partial charge in [-0.25, -0.2) is 9.67 Å². The molecule has 0 spiro atoms. The van der Waals surface area contributed by atoms with Crippen molar-refractivity contribution in [3.05, 3.63) is 59.0 Å². The maximum absolute atomic E-state index is 13.4. The van der Waals surface area contributed by atoms with Crippen LogP contribution in [-0.2, 0) is 4.79 Å². The minimum absolute atomic E-state index is 0.0724. The van der Waals surface area contributed by atoms with Crippen LogP contribution in [0.4, 0.5) is 5.82 Å². The van der Waals surface area contributed by atoms with E-state index < -0.39 is 6.04 Å². The van der Waals surface area contributed by atoms with Crippen LogP contribution in [0.3, 0.4) is 0 Å². The molecule has 9 heteroatoms. The predicted molar refractivity (Wildman–Crippen MR) is 116 cm³/mol. The molecule has 31 heavy (non-hydrogen) atoms. The summed E-state index contributed by atoms with van der Waals surface area (Å²) in [5.74, 6) is 1.48. The van der Waals surface area contributed by atoms with E-state index >= 15 is 0 Å². The number of pyridine rings is 1. The van der Waals surface area contributed by atoms with Gasteiger partial charge in [-0.3, -0.25) is 14.0 Å². The highest BCUT2D eigenvalue weighted by Gasteiger charge is 2.30. The fraction of sp³-hybridized carbons (Fsp3) is 0.364. The Bertz CT molecular complexity index is 1300. The monoisotopic (exact) mass is 420 g/mol. The van der Waals surface area contributed by atoms with Gasteiger partial charge < -0.3 is 14.2 Å². The second kappa shape index (κ2) is 7.57. The number of hydrogen-bond acceptors (Lipinski definition) is 6. The summed E-state index contributed by atoms with van der Waals surface area (Å²) in [7, 11) is 0. The molecular formula is C22H24N6O3. The van der Waals surface area contributed by atoms with E-state index in [0.29, 0.717) is 49.5 Å². The van der Waals surface area contributed by atoms with Gasteiger partial charge in [0.25, 0.3) is 5.56 Å². The lowest BCUT2D eigenvalue weighted by Crippen LogP contribution is -2.51. The molecule has 1 saturated heterocycles. The highest BCUT2D eigenvalue weighted by Crippen LogP contribution is 2.22. The number of hydrogen-bond donors (Lipinski definition) is 0. The fourth-order valence-corrected chi connectivity index (χ4v) is 4.37. The minimum atomic E-state index is -0.640. The molecule has 0 N–H and O–H groups in total. The normalized spacial score (nSPS) is 15.7. The van der Waals surface area contributed by atoms with Crippen molar-refractivity contribution in [1.29, 1.82) is 0 Å². The molecule has 0 radical (unpaired) electrons. The third kappa shape index (κ3) is 3.17. The Morgan fingerprint density at radius 2 is 1.97 bits per heavy atom. The maximum Gasteiger partial charge on any atom is 0.291 e. The average molecular weight is 420 g/mol. The lowest BCUT2D eigenvalue weighted by Gasteiger charge is -2.37. The predicted octanol–water partition coefficient (Wildman–Crippen LogP) is 2.25. The van der Waals surface area contributed by atoms with Gasteiger partial charge >= 0.3 is 0 Å². The first-order chi connectivity index (χ1) is 15.1. The van der Waals surface area contributed by atoms with Crippen molar-refractivity contribution in [1.82, 2.24) is 24.1 Å². The number of aryl methyl sites for hydroxylation is 1. The molecule has 4 aromatic rings. The average Bonchev–Trinajstić information content (AvgIpc) is 3.40.